The molecule has 134 valence electrons. The fourth-order valence-electron chi connectivity index (χ4n) is 3.54. The molecule has 0 saturated carbocycles. The molecule has 3 aromatic carbocycles. The molecule has 4 heteroatoms. The van der Waals surface area contributed by atoms with E-state index in [4.69, 9.17) is 4.74 Å². The van der Waals surface area contributed by atoms with Gasteiger partial charge >= 0.3 is 0 Å². The van der Waals surface area contributed by atoms with Gasteiger partial charge in [0.25, 0.3) is 5.91 Å². The van der Waals surface area contributed by atoms with Crippen molar-refractivity contribution in [3.05, 3.63) is 83.4 Å². The number of hydrogen-bond acceptors (Lipinski definition) is 3. The van der Waals surface area contributed by atoms with Crippen LogP contribution in [0.15, 0.2) is 66.7 Å². The van der Waals surface area contributed by atoms with Crippen LogP contribution in [0.5, 0.6) is 5.75 Å². The Morgan fingerprint density at radius 2 is 1.78 bits per heavy atom. The van der Waals surface area contributed by atoms with E-state index < -0.39 is 0 Å². The third-order valence-corrected chi connectivity index (χ3v) is 4.86. The Balaban J connectivity index is 1.71. The number of benzene rings is 3. The summed E-state index contributed by atoms with van der Waals surface area (Å²) >= 11 is 0. The van der Waals surface area contributed by atoms with Gasteiger partial charge in [0, 0.05) is 17.5 Å². The minimum Gasteiger partial charge on any atom is -0.497 e. The number of nitrogens with one attached hydrogen (secondary N) is 1. The molecule has 0 bridgehead atoms. The minimum absolute atomic E-state index is 0.0729. The van der Waals surface area contributed by atoms with E-state index >= 15 is 0 Å². The quantitative estimate of drug-likeness (QED) is 0.733. The van der Waals surface area contributed by atoms with Crippen molar-refractivity contribution in [1.82, 2.24) is 0 Å². The van der Waals surface area contributed by atoms with Gasteiger partial charge in [-0.15, -0.1) is 0 Å². The molecule has 4 rings (SSSR count). The van der Waals surface area contributed by atoms with E-state index in [1.807, 2.05) is 42.5 Å². The summed E-state index contributed by atoms with van der Waals surface area (Å²) in [5.41, 5.74) is 4.83. The number of anilines is 1. The first-order valence-corrected chi connectivity index (χ1v) is 8.87. The number of Topliss-reactive ketones (excluding diaryl/α,β-unsaturated/α-hetero) is 1. The molecular formula is C23H19NO3. The molecule has 1 aliphatic carbocycles. The molecule has 27 heavy (non-hydrogen) atoms. The smallest absolute Gasteiger partial charge is 0.255 e. The summed E-state index contributed by atoms with van der Waals surface area (Å²) in [6.07, 6.45) is 1.17. The Morgan fingerprint density at radius 3 is 2.56 bits per heavy atom. The van der Waals surface area contributed by atoms with E-state index in [2.05, 4.69) is 5.32 Å². The second-order valence-electron chi connectivity index (χ2n) is 6.49. The van der Waals surface area contributed by atoms with Crippen LogP contribution in [-0.4, -0.2) is 18.8 Å². The second kappa shape index (κ2) is 7.08. The van der Waals surface area contributed by atoms with E-state index in [1.165, 1.54) is 0 Å². The summed E-state index contributed by atoms with van der Waals surface area (Å²) in [7, 11) is 1.56. The van der Waals surface area contributed by atoms with Gasteiger partial charge in [0.2, 0.25) is 0 Å². The largest absolute Gasteiger partial charge is 0.497 e. The number of carbonyl (C=O) groups excluding carboxylic acids is 2. The van der Waals surface area contributed by atoms with Gasteiger partial charge in [0.1, 0.15) is 5.75 Å². The highest BCUT2D eigenvalue weighted by atomic mass is 16.5. The van der Waals surface area contributed by atoms with Crippen molar-refractivity contribution in [2.75, 3.05) is 12.4 Å². The number of hydrogen-bond donors (Lipinski definition) is 1. The number of methoxy groups -OCH3 is 1. The second-order valence-corrected chi connectivity index (χ2v) is 6.49. The normalized spacial score (nSPS) is 12.6. The molecule has 0 atom stereocenters. The zero-order valence-electron chi connectivity index (χ0n) is 15.0. The van der Waals surface area contributed by atoms with Crippen LogP contribution in [0.25, 0.3) is 11.1 Å². The lowest BCUT2D eigenvalue weighted by atomic mass is 9.95. The Morgan fingerprint density at radius 1 is 0.963 bits per heavy atom. The van der Waals surface area contributed by atoms with Gasteiger partial charge < -0.3 is 10.1 Å². The summed E-state index contributed by atoms with van der Waals surface area (Å²) < 4.78 is 5.18. The monoisotopic (exact) mass is 357 g/mol. The topological polar surface area (TPSA) is 55.4 Å². The van der Waals surface area contributed by atoms with Gasteiger partial charge in [-0.2, -0.15) is 0 Å². The molecule has 4 nitrogen and oxygen atoms in total. The van der Waals surface area contributed by atoms with E-state index in [0.717, 1.165) is 16.7 Å². The van der Waals surface area contributed by atoms with Crippen LogP contribution in [0.3, 0.4) is 0 Å². The third kappa shape index (κ3) is 3.22. The van der Waals surface area contributed by atoms with Crippen LogP contribution in [0.2, 0.25) is 0 Å². The van der Waals surface area contributed by atoms with Gasteiger partial charge in [0.15, 0.2) is 5.78 Å². The van der Waals surface area contributed by atoms with Gasteiger partial charge in [-0.3, -0.25) is 9.59 Å². The Labute approximate surface area is 157 Å². The highest BCUT2D eigenvalue weighted by molar-refractivity contribution is 6.12. The van der Waals surface area contributed by atoms with Crippen LogP contribution >= 0.6 is 0 Å². The average Bonchev–Trinajstić information content (AvgIpc) is 3.11. The molecular weight excluding hydrogens is 338 g/mol. The summed E-state index contributed by atoms with van der Waals surface area (Å²) in [6.45, 7) is 0. The van der Waals surface area contributed by atoms with Crippen molar-refractivity contribution in [1.29, 1.82) is 0 Å². The number of fused-ring (bicyclic) bond motifs is 1. The van der Waals surface area contributed by atoms with Crippen molar-refractivity contribution in [2.24, 2.45) is 0 Å². The summed E-state index contributed by atoms with van der Waals surface area (Å²) in [6, 6.07) is 20.8. The molecule has 3 aromatic rings. The van der Waals surface area contributed by atoms with Crippen LogP contribution in [0, 0.1) is 0 Å². The lowest BCUT2D eigenvalue weighted by Crippen LogP contribution is -2.14. The van der Waals surface area contributed by atoms with Crippen molar-refractivity contribution < 1.29 is 14.3 Å². The highest BCUT2D eigenvalue weighted by Crippen LogP contribution is 2.37. The average molecular weight is 357 g/mol. The SMILES string of the molecule is COc1cccc(C(=O)Nc2ccc(-c3ccccc3)c3c2C(=O)CC3)c1. The predicted octanol–water partition coefficient (Wildman–Crippen LogP) is 4.74. The van der Waals surface area contributed by atoms with Gasteiger partial charge in [-0.25, -0.2) is 0 Å². The molecule has 0 saturated heterocycles. The van der Waals surface area contributed by atoms with Crippen molar-refractivity contribution >= 4 is 17.4 Å². The van der Waals surface area contributed by atoms with Crippen molar-refractivity contribution in [2.45, 2.75) is 12.8 Å². The van der Waals surface area contributed by atoms with Gasteiger partial charge in [0.05, 0.1) is 12.8 Å². The Bertz CT molecular complexity index is 1030. The summed E-state index contributed by atoms with van der Waals surface area (Å²) in [5.74, 6) is 0.426. The van der Waals surface area contributed by atoms with E-state index in [-0.39, 0.29) is 11.7 Å². The summed E-state index contributed by atoms with van der Waals surface area (Å²) in [4.78, 5) is 25.2. The highest BCUT2D eigenvalue weighted by Gasteiger charge is 2.27. The molecule has 0 aliphatic heterocycles. The molecule has 0 unspecified atom stereocenters. The number of carbonyl (C=O) groups is 2. The van der Waals surface area contributed by atoms with Gasteiger partial charge in [-0.1, -0.05) is 42.5 Å². The maximum absolute atomic E-state index is 12.7. The van der Waals surface area contributed by atoms with Crippen molar-refractivity contribution in [3.63, 3.8) is 0 Å². The van der Waals surface area contributed by atoms with Crippen LogP contribution in [0.4, 0.5) is 5.69 Å². The van der Waals surface area contributed by atoms with Crippen LogP contribution < -0.4 is 10.1 Å². The third-order valence-electron chi connectivity index (χ3n) is 4.86. The summed E-state index contributed by atoms with van der Waals surface area (Å²) in [5, 5.41) is 2.90. The van der Waals surface area contributed by atoms with Crippen molar-refractivity contribution in [3.8, 4) is 16.9 Å². The zero-order valence-corrected chi connectivity index (χ0v) is 15.0. The van der Waals surface area contributed by atoms with Crippen LogP contribution in [0.1, 0.15) is 32.7 Å². The first-order chi connectivity index (χ1) is 13.2. The van der Waals surface area contributed by atoms with E-state index in [0.29, 0.717) is 35.4 Å². The molecule has 1 aliphatic rings. The number of ketones is 1. The molecule has 0 radical (unpaired) electrons. The molecule has 0 spiro atoms. The lowest BCUT2D eigenvalue weighted by molar-refractivity contribution is 0.0995. The first kappa shape index (κ1) is 17.0. The molecule has 0 aromatic heterocycles. The molecule has 1 N–H and O–H groups in total. The van der Waals surface area contributed by atoms with E-state index in [9.17, 15) is 9.59 Å². The first-order valence-electron chi connectivity index (χ1n) is 8.87. The number of amides is 1. The fraction of sp³-hybridized carbons (Fsp3) is 0.130. The lowest BCUT2D eigenvalue weighted by Gasteiger charge is -2.14. The van der Waals surface area contributed by atoms with Crippen LogP contribution in [-0.2, 0) is 6.42 Å². The fourth-order valence-corrected chi connectivity index (χ4v) is 3.54. The Hall–Kier alpha value is -3.40. The maximum atomic E-state index is 12.7. The minimum atomic E-state index is -0.261. The zero-order chi connectivity index (χ0) is 18.8. The molecule has 0 fully saturated rings. The standard InChI is InChI=1S/C23H19NO3/c1-27-17-9-5-8-16(14-17)23(26)24-20-12-10-18(15-6-3-2-4-7-15)19-11-13-21(25)22(19)20/h2-10,12,14H,11,13H2,1H3,(H,24,26). The number of rotatable bonds is 4. The van der Waals surface area contributed by atoms with Gasteiger partial charge in [-0.05, 0) is 47.4 Å². The molecule has 1 amide bonds. The predicted molar refractivity (Wildman–Crippen MR) is 105 cm³/mol. The molecule has 0 heterocycles. The Kier molecular flexibility index (Phi) is 4.47. The maximum Gasteiger partial charge on any atom is 0.255 e. The number of ether oxygens (including phenoxy) is 1. The van der Waals surface area contributed by atoms with E-state index in [1.54, 1.807) is 31.4 Å².